The fraction of sp³-hybridized carbons (Fsp3) is 0.400. The molecule has 4 aromatic rings. The summed E-state index contributed by atoms with van der Waals surface area (Å²) in [4.78, 5) is 13.0. The number of nitrogens with zero attached hydrogens (tertiary/aromatic N) is 6. The van der Waals surface area contributed by atoms with Crippen LogP contribution in [0.3, 0.4) is 0 Å². The van der Waals surface area contributed by atoms with Crippen LogP contribution < -0.4 is 10.1 Å². The number of ether oxygens (including phenoxy) is 2. The van der Waals surface area contributed by atoms with E-state index in [1.54, 1.807) is 23.1 Å². The van der Waals surface area contributed by atoms with Gasteiger partial charge in [-0.15, -0.1) is 18.3 Å². The van der Waals surface area contributed by atoms with Gasteiger partial charge < -0.3 is 10.1 Å². The number of rotatable bonds is 5. The molecule has 168 valence electrons. The number of fused-ring (bicyclic) bond motifs is 2. The first-order valence-electron chi connectivity index (χ1n) is 10.1. The average molecular weight is 447 g/mol. The van der Waals surface area contributed by atoms with E-state index in [-0.39, 0.29) is 6.04 Å². The number of halogens is 3. The highest BCUT2D eigenvalue weighted by Crippen LogP contribution is 2.32. The summed E-state index contributed by atoms with van der Waals surface area (Å²) in [5.41, 5.74) is 2.38. The second kappa shape index (κ2) is 7.93. The normalized spacial score (nSPS) is 19.5. The Balaban J connectivity index is 1.37. The van der Waals surface area contributed by atoms with Gasteiger partial charge in [0.05, 0.1) is 13.2 Å². The van der Waals surface area contributed by atoms with Gasteiger partial charge in [0, 0.05) is 48.2 Å². The smallest absolute Gasteiger partial charge is 0.479 e. The minimum atomic E-state index is -4.60. The van der Waals surface area contributed by atoms with Gasteiger partial charge in [0.1, 0.15) is 5.52 Å². The summed E-state index contributed by atoms with van der Waals surface area (Å²) in [6.45, 7) is 0. The fourth-order valence-corrected chi connectivity index (χ4v) is 4.08. The molecule has 0 amide bonds. The van der Waals surface area contributed by atoms with Gasteiger partial charge in [0.2, 0.25) is 17.6 Å². The van der Waals surface area contributed by atoms with Gasteiger partial charge >= 0.3 is 6.36 Å². The third-order valence-electron chi connectivity index (χ3n) is 5.54. The lowest BCUT2D eigenvalue weighted by Crippen LogP contribution is -2.33. The zero-order chi connectivity index (χ0) is 22.3. The molecule has 0 unspecified atom stereocenters. The van der Waals surface area contributed by atoms with Crippen molar-refractivity contribution in [3.8, 4) is 17.0 Å². The molecule has 0 atom stereocenters. The van der Waals surface area contributed by atoms with Gasteiger partial charge in [-0.2, -0.15) is 4.98 Å². The van der Waals surface area contributed by atoms with E-state index in [0.717, 1.165) is 11.1 Å². The summed E-state index contributed by atoms with van der Waals surface area (Å²) in [5, 5.41) is 7.73. The molecule has 4 aromatic heterocycles. The Hall–Kier alpha value is -3.41. The third-order valence-corrected chi connectivity index (χ3v) is 5.54. The molecule has 1 aliphatic carbocycles. The molecule has 4 heterocycles. The quantitative estimate of drug-likeness (QED) is 0.499. The number of nitrogens with one attached hydrogen (secondary N) is 1. The third kappa shape index (κ3) is 4.05. The summed E-state index contributed by atoms with van der Waals surface area (Å²) < 4.78 is 50.4. The molecule has 0 radical (unpaired) electrons. The van der Waals surface area contributed by atoms with Crippen molar-refractivity contribution in [3.63, 3.8) is 0 Å². The van der Waals surface area contributed by atoms with Crippen LogP contribution in [-0.4, -0.2) is 54.6 Å². The van der Waals surface area contributed by atoms with E-state index in [0.29, 0.717) is 48.8 Å². The predicted molar refractivity (Wildman–Crippen MR) is 108 cm³/mol. The van der Waals surface area contributed by atoms with Gasteiger partial charge in [-0.05, 0) is 31.7 Å². The number of imidazole rings is 1. The van der Waals surface area contributed by atoms with Crippen molar-refractivity contribution in [2.45, 2.75) is 44.2 Å². The number of methoxy groups -OCH3 is 1. The molecule has 0 saturated heterocycles. The van der Waals surface area contributed by atoms with E-state index in [4.69, 9.17) is 4.74 Å². The van der Waals surface area contributed by atoms with Crippen molar-refractivity contribution in [1.82, 2.24) is 29.0 Å². The molecule has 0 aromatic carbocycles. The van der Waals surface area contributed by atoms with Crippen LogP contribution in [-0.2, 0) is 4.74 Å². The summed E-state index contributed by atoms with van der Waals surface area (Å²) in [7, 11) is 1.53. The first-order chi connectivity index (χ1) is 15.4. The van der Waals surface area contributed by atoms with Gasteiger partial charge in [0.25, 0.3) is 0 Å². The Morgan fingerprint density at radius 2 is 1.94 bits per heavy atom. The molecule has 0 spiro atoms. The molecule has 5 rings (SSSR count). The lowest BCUT2D eigenvalue weighted by molar-refractivity contribution is -0.345. The Bertz CT molecular complexity index is 1250. The summed E-state index contributed by atoms with van der Waals surface area (Å²) in [6, 6.07) is 1.85. The van der Waals surface area contributed by atoms with Crippen molar-refractivity contribution in [2.75, 3.05) is 12.4 Å². The maximum absolute atomic E-state index is 12.4. The van der Waals surface area contributed by atoms with Crippen LogP contribution in [0.2, 0.25) is 0 Å². The second-order valence-electron chi connectivity index (χ2n) is 7.63. The number of aromatic nitrogens is 6. The van der Waals surface area contributed by atoms with Crippen LogP contribution >= 0.6 is 0 Å². The zero-order valence-electron chi connectivity index (χ0n) is 17.1. The number of hydrogen-bond donors (Lipinski definition) is 1. The molecule has 1 N–H and O–H groups in total. The molecule has 0 aliphatic heterocycles. The standard InChI is InChI=1S/C20H20F3N7O2/c1-31-17-16-15(12-10-25-19-24-7-9-29(19)11-12)6-8-30(16)28-18(27-17)26-13-2-4-14(5-3-13)32-20(21,22)23/h6-11,13-14H,2-5H2,1H3,(H,26,28)/t13-,14+. The summed E-state index contributed by atoms with van der Waals surface area (Å²) >= 11 is 0. The van der Waals surface area contributed by atoms with Crippen molar-refractivity contribution >= 4 is 17.2 Å². The number of alkyl halides is 3. The van der Waals surface area contributed by atoms with E-state index in [1.807, 2.05) is 22.9 Å². The van der Waals surface area contributed by atoms with Crippen LogP contribution in [0.15, 0.2) is 37.1 Å². The lowest BCUT2D eigenvalue weighted by Gasteiger charge is -2.29. The maximum atomic E-state index is 12.4. The van der Waals surface area contributed by atoms with E-state index in [2.05, 4.69) is 30.1 Å². The van der Waals surface area contributed by atoms with Crippen molar-refractivity contribution in [1.29, 1.82) is 0 Å². The second-order valence-corrected chi connectivity index (χ2v) is 7.63. The zero-order valence-corrected chi connectivity index (χ0v) is 17.1. The van der Waals surface area contributed by atoms with Crippen LogP contribution in [0.25, 0.3) is 22.4 Å². The van der Waals surface area contributed by atoms with Gasteiger partial charge in [0.15, 0.2) is 0 Å². The first kappa shape index (κ1) is 20.5. The molecular formula is C20H20F3N7O2. The average Bonchev–Trinajstić information content (AvgIpc) is 3.40. The Morgan fingerprint density at radius 3 is 2.69 bits per heavy atom. The number of anilines is 1. The Morgan fingerprint density at radius 1 is 1.12 bits per heavy atom. The van der Waals surface area contributed by atoms with E-state index in [1.165, 1.54) is 7.11 Å². The highest BCUT2D eigenvalue weighted by molar-refractivity contribution is 5.84. The molecule has 32 heavy (non-hydrogen) atoms. The Kier molecular flexibility index (Phi) is 5.08. The molecule has 1 fully saturated rings. The van der Waals surface area contributed by atoms with Crippen LogP contribution in [0.5, 0.6) is 5.88 Å². The SMILES string of the molecule is COc1nc(N[C@H]2CC[C@@H](OC(F)(F)F)CC2)nn2ccc(-c3cnc4nccn4c3)c12. The monoisotopic (exact) mass is 447 g/mol. The lowest BCUT2D eigenvalue weighted by atomic mass is 9.93. The van der Waals surface area contributed by atoms with Gasteiger partial charge in [-0.25, -0.2) is 14.5 Å². The summed E-state index contributed by atoms with van der Waals surface area (Å²) in [5.74, 6) is 1.32. The van der Waals surface area contributed by atoms with Crippen molar-refractivity contribution < 1.29 is 22.6 Å². The molecular weight excluding hydrogens is 427 g/mol. The largest absolute Gasteiger partial charge is 0.522 e. The maximum Gasteiger partial charge on any atom is 0.522 e. The molecule has 9 nitrogen and oxygen atoms in total. The predicted octanol–water partition coefficient (Wildman–Crippen LogP) is 3.71. The fourth-order valence-electron chi connectivity index (χ4n) is 4.08. The van der Waals surface area contributed by atoms with Gasteiger partial charge in [-0.1, -0.05) is 0 Å². The Labute approximate surface area is 180 Å². The molecule has 1 saturated carbocycles. The minimum absolute atomic E-state index is 0.0480. The molecule has 1 aliphatic rings. The van der Waals surface area contributed by atoms with Crippen molar-refractivity contribution in [2.24, 2.45) is 0 Å². The van der Waals surface area contributed by atoms with Gasteiger partial charge in [-0.3, -0.25) is 9.14 Å². The van der Waals surface area contributed by atoms with E-state index >= 15 is 0 Å². The van der Waals surface area contributed by atoms with E-state index in [9.17, 15) is 13.2 Å². The molecule has 0 bridgehead atoms. The highest BCUT2D eigenvalue weighted by atomic mass is 19.4. The van der Waals surface area contributed by atoms with Crippen molar-refractivity contribution in [3.05, 3.63) is 37.1 Å². The number of hydrogen-bond acceptors (Lipinski definition) is 7. The highest BCUT2D eigenvalue weighted by Gasteiger charge is 2.35. The minimum Gasteiger partial charge on any atom is -0.479 e. The van der Waals surface area contributed by atoms with Crippen LogP contribution in [0.4, 0.5) is 19.1 Å². The van der Waals surface area contributed by atoms with Crippen LogP contribution in [0.1, 0.15) is 25.7 Å². The first-order valence-corrected chi connectivity index (χ1v) is 10.1. The topological polar surface area (TPSA) is 90.9 Å². The molecule has 12 heteroatoms. The van der Waals surface area contributed by atoms with Crippen LogP contribution in [0, 0.1) is 0 Å². The van der Waals surface area contributed by atoms with E-state index < -0.39 is 12.5 Å². The summed E-state index contributed by atoms with van der Waals surface area (Å²) in [6.07, 6.45) is 5.20.